The van der Waals surface area contributed by atoms with Crippen molar-refractivity contribution in [1.29, 1.82) is 0 Å². The van der Waals surface area contributed by atoms with Gasteiger partial charge in [0.25, 0.3) is 0 Å². The highest BCUT2D eigenvalue weighted by Crippen LogP contribution is 2.29. The Morgan fingerprint density at radius 1 is 1.48 bits per heavy atom. The van der Waals surface area contributed by atoms with E-state index in [4.69, 9.17) is 9.84 Å². The van der Waals surface area contributed by atoms with Crippen LogP contribution in [0, 0.1) is 10.1 Å². The smallest absolute Gasteiger partial charge is 0.344 e. The van der Waals surface area contributed by atoms with Crippen LogP contribution in [-0.2, 0) is 11.3 Å². The molecule has 0 fully saturated rings. The molecule has 1 aromatic rings. The van der Waals surface area contributed by atoms with E-state index < -0.39 is 17.0 Å². The van der Waals surface area contributed by atoms with Gasteiger partial charge in [-0.1, -0.05) is 6.07 Å². The minimum atomic E-state index is -1.18. The fourth-order valence-electron chi connectivity index (χ4n) is 1.52. The van der Waals surface area contributed by atoms with Gasteiger partial charge in [0.15, 0.2) is 11.9 Å². The zero-order chi connectivity index (χ0) is 16.2. The fraction of sp³-hybridized carbons (Fsp3) is 0.500. The molecule has 1 atom stereocenters. The van der Waals surface area contributed by atoms with E-state index in [-0.39, 0.29) is 17.0 Å². The van der Waals surface area contributed by atoms with E-state index in [1.807, 2.05) is 20.8 Å². The van der Waals surface area contributed by atoms with Gasteiger partial charge in [-0.05, 0) is 39.3 Å². The average Bonchev–Trinajstić information content (AvgIpc) is 2.35. The van der Waals surface area contributed by atoms with E-state index in [0.717, 1.165) is 5.56 Å². The lowest BCUT2D eigenvalue weighted by molar-refractivity contribution is -0.386. The summed E-state index contributed by atoms with van der Waals surface area (Å²) in [7, 11) is 0. The minimum absolute atomic E-state index is 0.0388. The molecule has 2 N–H and O–H groups in total. The van der Waals surface area contributed by atoms with Crippen LogP contribution in [-0.4, -0.2) is 27.6 Å². The number of carbonyl (C=O) groups is 1. The van der Waals surface area contributed by atoms with Crippen LogP contribution in [0.3, 0.4) is 0 Å². The second kappa shape index (κ2) is 6.53. The largest absolute Gasteiger partial charge is 0.479 e. The third kappa shape index (κ3) is 5.39. The zero-order valence-electron chi connectivity index (χ0n) is 12.5. The highest BCUT2D eigenvalue weighted by molar-refractivity contribution is 5.72. The van der Waals surface area contributed by atoms with Gasteiger partial charge < -0.3 is 15.2 Å². The molecule has 1 unspecified atom stereocenters. The first kappa shape index (κ1) is 16.9. The van der Waals surface area contributed by atoms with Crippen molar-refractivity contribution in [1.82, 2.24) is 5.32 Å². The number of carboxylic acids is 1. The third-order valence-electron chi connectivity index (χ3n) is 2.70. The quantitative estimate of drug-likeness (QED) is 0.617. The molecule has 0 aliphatic rings. The number of nitro groups is 1. The summed E-state index contributed by atoms with van der Waals surface area (Å²) in [5.41, 5.74) is 0.433. The summed E-state index contributed by atoms with van der Waals surface area (Å²) in [6.07, 6.45) is -1.16. The van der Waals surface area contributed by atoms with Crippen LogP contribution >= 0.6 is 0 Å². The summed E-state index contributed by atoms with van der Waals surface area (Å²) in [6.45, 7) is 7.83. The molecular formula is C14H20N2O5. The van der Waals surface area contributed by atoms with Crippen molar-refractivity contribution in [3.05, 3.63) is 33.9 Å². The zero-order valence-corrected chi connectivity index (χ0v) is 12.5. The molecule has 116 valence electrons. The first-order valence-electron chi connectivity index (χ1n) is 6.52. The van der Waals surface area contributed by atoms with Crippen molar-refractivity contribution < 1.29 is 19.6 Å². The first-order chi connectivity index (χ1) is 9.60. The highest BCUT2D eigenvalue weighted by Gasteiger charge is 2.21. The first-order valence-corrected chi connectivity index (χ1v) is 6.52. The summed E-state index contributed by atoms with van der Waals surface area (Å²) in [5.74, 6) is -1.22. The number of benzene rings is 1. The number of nitrogens with zero attached hydrogens (tertiary/aromatic N) is 1. The number of hydrogen-bond acceptors (Lipinski definition) is 5. The molecule has 7 heteroatoms. The minimum Gasteiger partial charge on any atom is -0.479 e. The van der Waals surface area contributed by atoms with E-state index in [9.17, 15) is 14.9 Å². The Bertz CT molecular complexity index is 537. The van der Waals surface area contributed by atoms with Crippen LogP contribution in [0.4, 0.5) is 5.69 Å². The third-order valence-corrected chi connectivity index (χ3v) is 2.70. The predicted octanol–water partition coefficient (Wildman–Crippen LogP) is 2.33. The molecule has 0 aromatic heterocycles. The Morgan fingerprint density at radius 2 is 2.10 bits per heavy atom. The number of aliphatic carboxylic acids is 1. The number of nitro benzene ring substituents is 1. The van der Waals surface area contributed by atoms with Crippen molar-refractivity contribution in [3.63, 3.8) is 0 Å². The molecule has 0 aliphatic heterocycles. The molecule has 0 spiro atoms. The van der Waals surface area contributed by atoms with E-state index in [1.165, 1.54) is 19.1 Å². The second-order valence-corrected chi connectivity index (χ2v) is 5.76. The molecular weight excluding hydrogens is 276 g/mol. The van der Waals surface area contributed by atoms with Crippen molar-refractivity contribution >= 4 is 11.7 Å². The summed E-state index contributed by atoms with van der Waals surface area (Å²) >= 11 is 0. The van der Waals surface area contributed by atoms with E-state index in [2.05, 4.69) is 5.32 Å². The maximum absolute atomic E-state index is 11.0. The van der Waals surface area contributed by atoms with Gasteiger partial charge >= 0.3 is 11.7 Å². The SMILES string of the molecule is CC(Oc1cc(CNC(C)(C)C)ccc1[N+](=O)[O-])C(=O)O. The molecule has 0 radical (unpaired) electrons. The van der Waals surface area contributed by atoms with Crippen LogP contribution in [0.1, 0.15) is 33.3 Å². The van der Waals surface area contributed by atoms with Crippen LogP contribution in [0.2, 0.25) is 0 Å². The number of carboxylic acid groups (broad SMARTS) is 1. The van der Waals surface area contributed by atoms with Crippen LogP contribution in [0.25, 0.3) is 0 Å². The molecule has 0 aliphatic carbocycles. The van der Waals surface area contributed by atoms with Crippen LogP contribution in [0.15, 0.2) is 18.2 Å². The molecule has 0 saturated heterocycles. The Labute approximate surface area is 123 Å². The molecule has 21 heavy (non-hydrogen) atoms. The normalized spacial score (nSPS) is 12.8. The van der Waals surface area contributed by atoms with Gasteiger partial charge in [0.1, 0.15) is 0 Å². The Kier molecular flexibility index (Phi) is 5.26. The van der Waals surface area contributed by atoms with Gasteiger partial charge in [-0.2, -0.15) is 0 Å². The number of hydrogen-bond donors (Lipinski definition) is 2. The summed E-state index contributed by atoms with van der Waals surface area (Å²) in [4.78, 5) is 21.2. The molecule has 0 heterocycles. The lowest BCUT2D eigenvalue weighted by Gasteiger charge is -2.21. The second-order valence-electron chi connectivity index (χ2n) is 5.76. The maximum Gasteiger partial charge on any atom is 0.344 e. The predicted molar refractivity (Wildman–Crippen MR) is 77.4 cm³/mol. The highest BCUT2D eigenvalue weighted by atomic mass is 16.6. The van der Waals surface area contributed by atoms with Crippen molar-refractivity contribution in [3.8, 4) is 5.75 Å². The van der Waals surface area contributed by atoms with E-state index in [0.29, 0.717) is 6.54 Å². The molecule has 0 amide bonds. The topological polar surface area (TPSA) is 102 Å². The van der Waals surface area contributed by atoms with Crippen molar-refractivity contribution in [2.45, 2.75) is 45.9 Å². The molecule has 0 saturated carbocycles. The van der Waals surface area contributed by atoms with Gasteiger partial charge in [0.05, 0.1) is 4.92 Å². The Balaban J connectivity index is 3.00. The maximum atomic E-state index is 11.0. The monoisotopic (exact) mass is 296 g/mol. The van der Waals surface area contributed by atoms with Crippen LogP contribution in [0.5, 0.6) is 5.75 Å². The molecule has 7 nitrogen and oxygen atoms in total. The van der Waals surface area contributed by atoms with Gasteiger partial charge in [0, 0.05) is 18.2 Å². The van der Waals surface area contributed by atoms with E-state index in [1.54, 1.807) is 6.07 Å². The van der Waals surface area contributed by atoms with Crippen molar-refractivity contribution in [2.24, 2.45) is 0 Å². The molecule has 0 bridgehead atoms. The van der Waals surface area contributed by atoms with Crippen LogP contribution < -0.4 is 10.1 Å². The number of ether oxygens (including phenoxy) is 1. The Hall–Kier alpha value is -2.15. The molecule has 1 rings (SSSR count). The average molecular weight is 296 g/mol. The standard InChI is InChI=1S/C14H20N2O5/c1-9(13(17)18)21-12-7-10(8-15-14(2,3)4)5-6-11(12)16(19)20/h5-7,9,15H,8H2,1-4H3,(H,17,18). The van der Waals surface area contributed by atoms with E-state index >= 15 is 0 Å². The molecule has 1 aromatic carbocycles. The summed E-state index contributed by atoms with van der Waals surface area (Å²) < 4.78 is 5.17. The number of nitrogens with one attached hydrogen (secondary N) is 1. The van der Waals surface area contributed by atoms with Gasteiger partial charge in [0.2, 0.25) is 0 Å². The summed E-state index contributed by atoms with van der Waals surface area (Å²) in [5, 5.41) is 23.1. The van der Waals surface area contributed by atoms with Crippen molar-refractivity contribution in [2.75, 3.05) is 0 Å². The lowest BCUT2D eigenvalue weighted by atomic mass is 10.1. The fourth-order valence-corrected chi connectivity index (χ4v) is 1.52. The van der Waals surface area contributed by atoms with Gasteiger partial charge in [-0.15, -0.1) is 0 Å². The van der Waals surface area contributed by atoms with Gasteiger partial charge in [-0.3, -0.25) is 10.1 Å². The summed E-state index contributed by atoms with van der Waals surface area (Å²) in [6, 6.07) is 4.44. The lowest BCUT2D eigenvalue weighted by Crippen LogP contribution is -2.35. The Morgan fingerprint density at radius 3 is 2.57 bits per heavy atom. The van der Waals surface area contributed by atoms with Gasteiger partial charge in [-0.25, -0.2) is 4.79 Å². The number of rotatable bonds is 6.